The van der Waals surface area contributed by atoms with Gasteiger partial charge in [0.05, 0.1) is 6.10 Å². The third-order valence-electron chi connectivity index (χ3n) is 5.82. The molecule has 0 radical (unpaired) electrons. The van der Waals surface area contributed by atoms with E-state index < -0.39 is 10.2 Å². The predicted octanol–water partition coefficient (Wildman–Crippen LogP) is 3.73. The highest BCUT2D eigenvalue weighted by molar-refractivity contribution is 7.90. The summed E-state index contributed by atoms with van der Waals surface area (Å²) in [5.74, 6) is 0.976. The van der Waals surface area contributed by atoms with Crippen LogP contribution in [-0.2, 0) is 14.9 Å². The summed E-state index contributed by atoms with van der Waals surface area (Å²) in [7, 11) is -1.24. The van der Waals surface area contributed by atoms with Gasteiger partial charge >= 0.3 is 10.2 Å². The van der Waals surface area contributed by atoms with Crippen molar-refractivity contribution in [3.05, 3.63) is 30.3 Å². The fraction of sp³-hybridized carbons (Fsp3) is 0.727. The molecule has 6 nitrogen and oxygen atoms in total. The lowest BCUT2D eigenvalue weighted by atomic mass is 10.1. The highest BCUT2D eigenvalue weighted by Crippen LogP contribution is 2.29. The lowest BCUT2D eigenvalue weighted by Crippen LogP contribution is -2.43. The molecule has 1 aromatic carbocycles. The van der Waals surface area contributed by atoms with Crippen LogP contribution in [0.2, 0.25) is 0 Å². The van der Waals surface area contributed by atoms with Gasteiger partial charge in [0.1, 0.15) is 0 Å². The van der Waals surface area contributed by atoms with E-state index in [9.17, 15) is 8.42 Å². The normalized spacial score (nSPS) is 19.0. The van der Waals surface area contributed by atoms with Gasteiger partial charge in [-0.05, 0) is 70.2 Å². The number of para-hydroxylation sites is 1. The van der Waals surface area contributed by atoms with Crippen LogP contribution in [0, 0.1) is 5.92 Å². The first kappa shape index (κ1) is 22.5. The van der Waals surface area contributed by atoms with Gasteiger partial charge in [-0.2, -0.15) is 12.7 Å². The topological polar surface area (TPSA) is 61.9 Å². The van der Waals surface area contributed by atoms with Crippen LogP contribution in [0.3, 0.4) is 0 Å². The Morgan fingerprint density at radius 2 is 1.72 bits per heavy atom. The summed E-state index contributed by atoms with van der Waals surface area (Å²) < 4.78 is 35.2. The van der Waals surface area contributed by atoms with Crippen LogP contribution >= 0.6 is 0 Å². The van der Waals surface area contributed by atoms with Gasteiger partial charge in [0.15, 0.2) is 0 Å². The Bertz CT molecular complexity index is 687. The van der Waals surface area contributed by atoms with E-state index in [1.165, 1.54) is 49.5 Å². The molecule has 0 unspecified atom stereocenters. The van der Waals surface area contributed by atoms with Gasteiger partial charge in [0.25, 0.3) is 0 Å². The first-order valence-electron chi connectivity index (χ1n) is 11.2. The maximum Gasteiger partial charge on any atom is 0.301 e. The van der Waals surface area contributed by atoms with Crippen molar-refractivity contribution in [2.24, 2.45) is 5.92 Å². The summed E-state index contributed by atoms with van der Waals surface area (Å²) >= 11 is 0. The van der Waals surface area contributed by atoms with Crippen LogP contribution in [0.1, 0.15) is 51.4 Å². The van der Waals surface area contributed by atoms with Crippen molar-refractivity contribution >= 4 is 15.9 Å². The smallest absolute Gasteiger partial charge is 0.301 e. The van der Waals surface area contributed by atoms with Crippen molar-refractivity contribution in [3.8, 4) is 0 Å². The molecule has 0 amide bonds. The fourth-order valence-corrected chi connectivity index (χ4v) is 5.13. The number of rotatable bonds is 13. The van der Waals surface area contributed by atoms with Crippen molar-refractivity contribution in [2.75, 3.05) is 44.6 Å². The Kier molecular flexibility index (Phi) is 8.78. The Morgan fingerprint density at radius 1 is 1.03 bits per heavy atom. The van der Waals surface area contributed by atoms with Crippen LogP contribution < -0.4 is 4.72 Å². The van der Waals surface area contributed by atoms with E-state index in [-0.39, 0.29) is 6.10 Å². The zero-order valence-electron chi connectivity index (χ0n) is 17.8. The second-order valence-corrected chi connectivity index (χ2v) is 10.2. The van der Waals surface area contributed by atoms with Crippen molar-refractivity contribution in [3.63, 3.8) is 0 Å². The molecule has 1 aliphatic carbocycles. The number of unbranched alkanes of at least 4 members (excludes halogenated alkanes) is 3. The molecular formula is C22H37N3O3S. The highest BCUT2D eigenvalue weighted by Gasteiger charge is 2.28. The lowest BCUT2D eigenvalue weighted by molar-refractivity contribution is 0.0193. The second-order valence-electron chi connectivity index (χ2n) is 8.56. The number of nitrogens with zero attached hydrogens (tertiary/aromatic N) is 2. The summed E-state index contributed by atoms with van der Waals surface area (Å²) in [6.45, 7) is 4.30. The van der Waals surface area contributed by atoms with Crippen molar-refractivity contribution in [1.29, 1.82) is 0 Å². The molecule has 3 rings (SSSR count). The minimum Gasteiger partial charge on any atom is -0.378 e. The van der Waals surface area contributed by atoms with Gasteiger partial charge in [0, 0.05) is 31.9 Å². The molecule has 2 aliphatic rings. The third kappa shape index (κ3) is 8.24. The second kappa shape index (κ2) is 11.3. The summed E-state index contributed by atoms with van der Waals surface area (Å²) in [6.07, 6.45) is 9.41. The van der Waals surface area contributed by atoms with Crippen LogP contribution in [0.25, 0.3) is 0 Å². The van der Waals surface area contributed by atoms with Gasteiger partial charge in [0.2, 0.25) is 0 Å². The molecule has 1 N–H and O–H groups in total. The number of hydrogen-bond donors (Lipinski definition) is 1. The first-order valence-corrected chi connectivity index (χ1v) is 12.6. The molecule has 164 valence electrons. The molecule has 29 heavy (non-hydrogen) atoms. The Balaban J connectivity index is 1.22. The van der Waals surface area contributed by atoms with Crippen molar-refractivity contribution in [1.82, 2.24) is 9.21 Å². The van der Waals surface area contributed by atoms with Gasteiger partial charge in [-0.25, -0.2) is 0 Å². The SMILES string of the molecule is CN(CCCCCCOC1CCN(S(=O)(=O)Nc2ccccc2)CC1)CC1CC1. The summed E-state index contributed by atoms with van der Waals surface area (Å²) in [5.41, 5.74) is 0.601. The van der Waals surface area contributed by atoms with Crippen LogP contribution in [0.4, 0.5) is 5.69 Å². The minimum absolute atomic E-state index is 0.183. The van der Waals surface area contributed by atoms with Crippen LogP contribution in [-0.4, -0.2) is 63.6 Å². The molecule has 0 bridgehead atoms. The molecule has 0 aromatic heterocycles. The van der Waals surface area contributed by atoms with Crippen molar-refractivity contribution in [2.45, 2.75) is 57.5 Å². The molecule has 1 aliphatic heterocycles. The molecular weight excluding hydrogens is 386 g/mol. The average molecular weight is 424 g/mol. The van der Waals surface area contributed by atoms with Crippen LogP contribution in [0.15, 0.2) is 30.3 Å². The number of hydrogen-bond acceptors (Lipinski definition) is 4. The molecule has 1 aromatic rings. The predicted molar refractivity (Wildman–Crippen MR) is 118 cm³/mol. The van der Waals surface area contributed by atoms with E-state index >= 15 is 0 Å². The van der Waals surface area contributed by atoms with Crippen molar-refractivity contribution < 1.29 is 13.2 Å². The van der Waals surface area contributed by atoms with Gasteiger partial charge in [-0.3, -0.25) is 4.72 Å². The van der Waals surface area contributed by atoms with Gasteiger partial charge < -0.3 is 9.64 Å². The molecule has 1 saturated heterocycles. The average Bonchev–Trinajstić information content (AvgIpc) is 3.52. The Hall–Kier alpha value is -1.15. The number of piperidine rings is 1. The van der Waals surface area contributed by atoms with E-state index in [4.69, 9.17) is 4.74 Å². The number of anilines is 1. The van der Waals surface area contributed by atoms with Gasteiger partial charge in [-0.1, -0.05) is 31.0 Å². The molecule has 1 heterocycles. The zero-order chi connectivity index (χ0) is 20.5. The number of nitrogens with one attached hydrogen (secondary N) is 1. The molecule has 1 saturated carbocycles. The number of ether oxygens (including phenoxy) is 1. The van der Waals surface area contributed by atoms with E-state index in [2.05, 4.69) is 16.7 Å². The third-order valence-corrected chi connectivity index (χ3v) is 7.35. The Labute approximate surface area is 176 Å². The van der Waals surface area contributed by atoms with Crippen LogP contribution in [0.5, 0.6) is 0 Å². The highest BCUT2D eigenvalue weighted by atomic mass is 32.2. The van der Waals surface area contributed by atoms with Gasteiger partial charge in [-0.15, -0.1) is 0 Å². The largest absolute Gasteiger partial charge is 0.378 e. The quantitative estimate of drug-likeness (QED) is 0.491. The minimum atomic E-state index is -3.48. The lowest BCUT2D eigenvalue weighted by Gasteiger charge is -2.31. The first-order chi connectivity index (χ1) is 14.0. The molecule has 2 fully saturated rings. The monoisotopic (exact) mass is 423 g/mol. The summed E-state index contributed by atoms with van der Waals surface area (Å²) in [5, 5.41) is 0. The molecule has 7 heteroatoms. The maximum absolute atomic E-state index is 12.5. The standard InChI is InChI=1S/C22H37N3O3S/c1-24(19-20-11-12-20)15-7-2-3-8-18-28-22-13-16-25(17-14-22)29(26,27)23-21-9-5-4-6-10-21/h4-6,9-10,20,22-23H,2-3,7-8,11-19H2,1H3. The van der Waals surface area contributed by atoms with E-state index in [0.717, 1.165) is 31.8 Å². The summed E-state index contributed by atoms with van der Waals surface area (Å²) in [4.78, 5) is 2.47. The van der Waals surface area contributed by atoms with E-state index in [0.29, 0.717) is 18.8 Å². The van der Waals surface area contributed by atoms with E-state index in [1.807, 2.05) is 18.2 Å². The Morgan fingerprint density at radius 3 is 2.41 bits per heavy atom. The molecule has 0 atom stereocenters. The number of benzene rings is 1. The zero-order valence-corrected chi connectivity index (χ0v) is 18.6. The summed E-state index contributed by atoms with van der Waals surface area (Å²) in [6, 6.07) is 9.04. The molecule has 0 spiro atoms. The fourth-order valence-electron chi connectivity index (χ4n) is 3.88. The van der Waals surface area contributed by atoms with E-state index in [1.54, 1.807) is 12.1 Å². The maximum atomic E-state index is 12.5.